The molecule has 2 nitrogen and oxygen atoms in total. The van der Waals surface area contributed by atoms with Crippen LogP contribution >= 0.6 is 11.6 Å². The van der Waals surface area contributed by atoms with Gasteiger partial charge >= 0.3 is 0 Å². The molecule has 0 aromatic heterocycles. The summed E-state index contributed by atoms with van der Waals surface area (Å²) in [5.74, 6) is 0.870. The Morgan fingerprint density at radius 3 is 3.08 bits per heavy atom. The summed E-state index contributed by atoms with van der Waals surface area (Å²) in [6.45, 7) is 2.51. The van der Waals surface area contributed by atoms with Gasteiger partial charge in [-0.25, -0.2) is 0 Å². The molecular formula is C9H10ClNO. The van der Waals surface area contributed by atoms with Crippen LogP contribution in [0.15, 0.2) is 12.1 Å². The molecule has 0 aliphatic carbocycles. The van der Waals surface area contributed by atoms with Crippen molar-refractivity contribution in [2.24, 2.45) is 5.73 Å². The van der Waals surface area contributed by atoms with Gasteiger partial charge in [-0.1, -0.05) is 17.7 Å². The number of fused-ring (bicyclic) bond motifs is 1. The fraction of sp³-hybridized carbons (Fsp3) is 0.333. The molecule has 0 amide bonds. The van der Waals surface area contributed by atoms with Gasteiger partial charge in [0.05, 0.1) is 6.04 Å². The number of rotatable bonds is 0. The van der Waals surface area contributed by atoms with Gasteiger partial charge in [0.15, 0.2) is 0 Å². The van der Waals surface area contributed by atoms with Crippen LogP contribution in [0.1, 0.15) is 17.2 Å². The number of nitrogens with two attached hydrogens (primary N) is 1. The van der Waals surface area contributed by atoms with Crippen LogP contribution in [0.3, 0.4) is 0 Å². The van der Waals surface area contributed by atoms with Crippen molar-refractivity contribution in [1.29, 1.82) is 0 Å². The first-order valence-electron chi connectivity index (χ1n) is 3.87. The van der Waals surface area contributed by atoms with Gasteiger partial charge < -0.3 is 10.5 Å². The average Bonchev–Trinajstić information content (AvgIpc) is 2.41. The first kappa shape index (κ1) is 7.90. The number of hydrogen-bond acceptors (Lipinski definition) is 2. The summed E-state index contributed by atoms with van der Waals surface area (Å²) in [5, 5.41) is 0.739. The van der Waals surface area contributed by atoms with E-state index >= 15 is 0 Å². The molecule has 0 spiro atoms. The van der Waals surface area contributed by atoms with E-state index in [1.54, 1.807) is 0 Å². The Hall–Kier alpha value is -0.730. The first-order chi connectivity index (χ1) is 5.70. The first-order valence-corrected chi connectivity index (χ1v) is 4.25. The predicted molar refractivity (Wildman–Crippen MR) is 48.6 cm³/mol. The van der Waals surface area contributed by atoms with Gasteiger partial charge in [-0.2, -0.15) is 0 Å². The molecule has 1 aromatic rings. The monoisotopic (exact) mass is 183 g/mol. The Balaban J connectivity index is 2.60. The molecule has 0 unspecified atom stereocenters. The average molecular weight is 184 g/mol. The van der Waals surface area contributed by atoms with Gasteiger partial charge in [-0.05, 0) is 13.0 Å². The van der Waals surface area contributed by atoms with E-state index in [2.05, 4.69) is 0 Å². The van der Waals surface area contributed by atoms with Crippen molar-refractivity contribution in [3.63, 3.8) is 0 Å². The molecule has 64 valence electrons. The zero-order valence-corrected chi connectivity index (χ0v) is 7.56. The van der Waals surface area contributed by atoms with Crippen molar-refractivity contribution in [1.82, 2.24) is 0 Å². The van der Waals surface area contributed by atoms with E-state index in [0.717, 1.165) is 21.9 Å². The van der Waals surface area contributed by atoms with E-state index in [1.165, 1.54) is 0 Å². The second-order valence-electron chi connectivity index (χ2n) is 3.01. The van der Waals surface area contributed by atoms with Crippen LogP contribution in [0, 0.1) is 6.92 Å². The fourth-order valence-corrected chi connectivity index (χ4v) is 1.58. The van der Waals surface area contributed by atoms with E-state index in [9.17, 15) is 0 Å². The topological polar surface area (TPSA) is 35.2 Å². The molecule has 0 radical (unpaired) electrons. The minimum Gasteiger partial charge on any atom is -0.491 e. The highest BCUT2D eigenvalue weighted by Gasteiger charge is 2.22. The van der Waals surface area contributed by atoms with Crippen molar-refractivity contribution < 1.29 is 4.74 Å². The highest BCUT2D eigenvalue weighted by atomic mass is 35.5. The normalized spacial score (nSPS) is 20.4. The van der Waals surface area contributed by atoms with Crippen LogP contribution in [0.2, 0.25) is 5.02 Å². The number of benzene rings is 1. The lowest BCUT2D eigenvalue weighted by atomic mass is 10.1. The van der Waals surface area contributed by atoms with Crippen molar-refractivity contribution in [3.05, 3.63) is 28.3 Å². The molecule has 0 bridgehead atoms. The Morgan fingerprint density at radius 1 is 1.58 bits per heavy atom. The van der Waals surface area contributed by atoms with Gasteiger partial charge in [0.2, 0.25) is 0 Å². The molecule has 12 heavy (non-hydrogen) atoms. The Kier molecular flexibility index (Phi) is 1.74. The maximum Gasteiger partial charge on any atom is 0.128 e. The largest absolute Gasteiger partial charge is 0.491 e. The molecule has 1 aliphatic rings. The molecule has 2 N–H and O–H groups in total. The fourth-order valence-electron chi connectivity index (χ4n) is 1.44. The molecule has 0 saturated carbocycles. The van der Waals surface area contributed by atoms with Crippen LogP contribution < -0.4 is 10.5 Å². The summed E-state index contributed by atoms with van der Waals surface area (Å²) >= 11 is 5.92. The van der Waals surface area contributed by atoms with E-state index < -0.39 is 0 Å². The Labute approximate surface area is 76.3 Å². The molecule has 1 heterocycles. The van der Waals surface area contributed by atoms with Gasteiger partial charge in [0, 0.05) is 16.1 Å². The number of ether oxygens (including phenoxy) is 1. The third kappa shape index (κ3) is 0.993. The zero-order chi connectivity index (χ0) is 8.72. The SMILES string of the molecule is Cc1c(Cl)ccc2c1OC[C@H]2N. The zero-order valence-electron chi connectivity index (χ0n) is 6.80. The quantitative estimate of drug-likeness (QED) is 0.668. The second-order valence-corrected chi connectivity index (χ2v) is 3.42. The maximum absolute atomic E-state index is 5.92. The molecule has 2 rings (SSSR count). The van der Waals surface area contributed by atoms with E-state index in [0.29, 0.717) is 6.61 Å². The summed E-state index contributed by atoms with van der Waals surface area (Å²) in [5.41, 5.74) is 7.85. The minimum absolute atomic E-state index is 0.0102. The van der Waals surface area contributed by atoms with Crippen molar-refractivity contribution >= 4 is 11.6 Å². The lowest BCUT2D eigenvalue weighted by Gasteiger charge is -2.04. The Bertz CT molecular complexity index is 325. The van der Waals surface area contributed by atoms with Crippen molar-refractivity contribution in [3.8, 4) is 5.75 Å². The van der Waals surface area contributed by atoms with Gasteiger partial charge in [0.25, 0.3) is 0 Å². The third-order valence-corrected chi connectivity index (χ3v) is 2.59. The van der Waals surface area contributed by atoms with Gasteiger partial charge in [-0.3, -0.25) is 0 Å². The number of hydrogen-bond donors (Lipinski definition) is 1. The molecule has 0 fully saturated rings. The van der Waals surface area contributed by atoms with Crippen molar-refractivity contribution in [2.75, 3.05) is 6.61 Å². The number of halogens is 1. The minimum atomic E-state index is 0.0102. The molecule has 1 aliphatic heterocycles. The Morgan fingerprint density at radius 2 is 2.33 bits per heavy atom. The van der Waals surface area contributed by atoms with Crippen LogP contribution in [-0.2, 0) is 0 Å². The van der Waals surface area contributed by atoms with Crippen LogP contribution in [0.4, 0.5) is 0 Å². The second kappa shape index (κ2) is 2.64. The standard InChI is InChI=1S/C9H10ClNO/c1-5-7(10)3-2-6-8(11)4-12-9(5)6/h2-3,8H,4,11H2,1H3/t8-/m1/s1. The lowest BCUT2D eigenvalue weighted by Crippen LogP contribution is -2.10. The highest BCUT2D eigenvalue weighted by Crippen LogP contribution is 2.37. The highest BCUT2D eigenvalue weighted by molar-refractivity contribution is 6.31. The van der Waals surface area contributed by atoms with Gasteiger partial charge in [0.1, 0.15) is 12.4 Å². The van der Waals surface area contributed by atoms with Crippen LogP contribution in [-0.4, -0.2) is 6.61 Å². The van der Waals surface area contributed by atoms with E-state index in [1.807, 2.05) is 19.1 Å². The summed E-state index contributed by atoms with van der Waals surface area (Å²) in [6.07, 6.45) is 0. The molecule has 1 aromatic carbocycles. The predicted octanol–water partition coefficient (Wildman–Crippen LogP) is 2.04. The lowest BCUT2D eigenvalue weighted by molar-refractivity contribution is 0.331. The summed E-state index contributed by atoms with van der Waals surface area (Å²) in [6, 6.07) is 3.81. The van der Waals surface area contributed by atoms with E-state index in [-0.39, 0.29) is 6.04 Å². The molecular weight excluding hydrogens is 174 g/mol. The van der Waals surface area contributed by atoms with Crippen molar-refractivity contribution in [2.45, 2.75) is 13.0 Å². The maximum atomic E-state index is 5.92. The summed E-state index contributed by atoms with van der Waals surface area (Å²) in [7, 11) is 0. The molecule has 3 heteroatoms. The smallest absolute Gasteiger partial charge is 0.128 e. The van der Waals surface area contributed by atoms with Crippen LogP contribution in [0.5, 0.6) is 5.75 Å². The summed E-state index contributed by atoms with van der Waals surface area (Å²) in [4.78, 5) is 0. The van der Waals surface area contributed by atoms with Gasteiger partial charge in [-0.15, -0.1) is 0 Å². The molecule has 0 saturated heterocycles. The van der Waals surface area contributed by atoms with Crippen LogP contribution in [0.25, 0.3) is 0 Å². The summed E-state index contributed by atoms with van der Waals surface area (Å²) < 4.78 is 5.41. The third-order valence-electron chi connectivity index (χ3n) is 2.18. The van der Waals surface area contributed by atoms with E-state index in [4.69, 9.17) is 22.1 Å². The molecule has 1 atom stereocenters.